The Balaban J connectivity index is 1.54. The van der Waals surface area contributed by atoms with Crippen LogP contribution in [-0.2, 0) is 7.05 Å². The van der Waals surface area contributed by atoms with E-state index < -0.39 is 0 Å². The van der Waals surface area contributed by atoms with Gasteiger partial charge in [-0.1, -0.05) is 12.1 Å². The standard InChI is InChI=1S/C19H26N4O2/c1-14-6-4-7-17(10-14)25-13-15(2)21-19(24)23-9-5-8-18(23)16-11-20-22(3)12-16/h4,6-7,10-12,15,18H,5,8-9,13H2,1-3H3,(H,21,24)/t15-,18-/m0/s1. The number of nitrogens with zero attached hydrogens (tertiary/aromatic N) is 3. The molecule has 2 amide bonds. The zero-order chi connectivity index (χ0) is 17.8. The summed E-state index contributed by atoms with van der Waals surface area (Å²) in [5, 5.41) is 7.27. The molecule has 0 saturated carbocycles. The molecule has 1 N–H and O–H groups in total. The Kier molecular flexibility index (Phi) is 5.26. The Morgan fingerprint density at radius 1 is 1.48 bits per heavy atom. The Hall–Kier alpha value is -2.50. The van der Waals surface area contributed by atoms with Crippen molar-refractivity contribution >= 4 is 6.03 Å². The lowest BCUT2D eigenvalue weighted by molar-refractivity contribution is 0.183. The number of carbonyl (C=O) groups is 1. The van der Waals surface area contributed by atoms with Gasteiger partial charge in [-0.25, -0.2) is 4.79 Å². The second-order valence-corrected chi connectivity index (χ2v) is 6.78. The van der Waals surface area contributed by atoms with E-state index in [-0.39, 0.29) is 18.1 Å². The van der Waals surface area contributed by atoms with E-state index in [9.17, 15) is 4.79 Å². The zero-order valence-corrected chi connectivity index (χ0v) is 15.1. The number of amides is 2. The first kappa shape index (κ1) is 17.3. The quantitative estimate of drug-likeness (QED) is 0.908. The first-order valence-electron chi connectivity index (χ1n) is 8.78. The Morgan fingerprint density at radius 3 is 3.04 bits per heavy atom. The van der Waals surface area contributed by atoms with E-state index in [0.29, 0.717) is 6.61 Å². The van der Waals surface area contributed by atoms with Crippen molar-refractivity contribution in [2.75, 3.05) is 13.2 Å². The lowest BCUT2D eigenvalue weighted by Crippen LogP contribution is -2.45. The number of likely N-dealkylation sites (tertiary alicyclic amines) is 1. The van der Waals surface area contributed by atoms with Gasteiger partial charge in [0.25, 0.3) is 0 Å². The molecule has 1 aromatic heterocycles. The van der Waals surface area contributed by atoms with Gasteiger partial charge in [0, 0.05) is 25.4 Å². The summed E-state index contributed by atoms with van der Waals surface area (Å²) >= 11 is 0. The van der Waals surface area contributed by atoms with Gasteiger partial charge in [0.2, 0.25) is 0 Å². The third-order valence-electron chi connectivity index (χ3n) is 4.48. The fourth-order valence-corrected chi connectivity index (χ4v) is 3.23. The SMILES string of the molecule is Cc1cccc(OC[C@H](C)NC(=O)N2CCC[C@H]2c2cnn(C)c2)c1. The van der Waals surface area contributed by atoms with Crippen LogP contribution in [0.4, 0.5) is 4.79 Å². The highest BCUT2D eigenvalue weighted by atomic mass is 16.5. The van der Waals surface area contributed by atoms with Crippen LogP contribution in [0.25, 0.3) is 0 Å². The van der Waals surface area contributed by atoms with Gasteiger partial charge in [0.15, 0.2) is 0 Å². The molecule has 2 atom stereocenters. The fraction of sp³-hybridized carbons (Fsp3) is 0.474. The summed E-state index contributed by atoms with van der Waals surface area (Å²) in [5.74, 6) is 0.829. The van der Waals surface area contributed by atoms with Crippen molar-refractivity contribution in [2.24, 2.45) is 7.05 Å². The summed E-state index contributed by atoms with van der Waals surface area (Å²) in [6, 6.07) is 7.93. The second-order valence-electron chi connectivity index (χ2n) is 6.78. The Labute approximate surface area is 148 Å². The van der Waals surface area contributed by atoms with Crippen LogP contribution in [0.1, 0.15) is 36.9 Å². The first-order valence-corrected chi connectivity index (χ1v) is 8.78. The molecule has 1 aliphatic rings. The number of benzene rings is 1. The molecule has 1 saturated heterocycles. The number of nitrogens with one attached hydrogen (secondary N) is 1. The van der Waals surface area contributed by atoms with Crippen LogP contribution in [0.15, 0.2) is 36.7 Å². The van der Waals surface area contributed by atoms with Gasteiger partial charge in [0.05, 0.1) is 18.3 Å². The molecule has 134 valence electrons. The molecule has 0 unspecified atom stereocenters. The molecule has 1 aromatic carbocycles. The van der Waals surface area contributed by atoms with Crippen molar-refractivity contribution in [2.45, 2.75) is 38.8 Å². The summed E-state index contributed by atoms with van der Waals surface area (Å²) < 4.78 is 7.56. The molecule has 6 heteroatoms. The van der Waals surface area contributed by atoms with Crippen LogP contribution in [0, 0.1) is 6.92 Å². The number of hydrogen-bond acceptors (Lipinski definition) is 3. The van der Waals surface area contributed by atoms with Crippen molar-refractivity contribution in [1.82, 2.24) is 20.0 Å². The van der Waals surface area contributed by atoms with E-state index in [1.807, 2.05) is 62.5 Å². The predicted octanol–water partition coefficient (Wildman–Crippen LogP) is 3.04. The molecule has 1 fully saturated rings. The van der Waals surface area contributed by atoms with Gasteiger partial charge < -0.3 is 15.0 Å². The van der Waals surface area contributed by atoms with Crippen LogP contribution < -0.4 is 10.1 Å². The van der Waals surface area contributed by atoms with E-state index in [1.54, 1.807) is 4.68 Å². The third-order valence-corrected chi connectivity index (χ3v) is 4.48. The van der Waals surface area contributed by atoms with Crippen LogP contribution >= 0.6 is 0 Å². The highest BCUT2D eigenvalue weighted by Crippen LogP contribution is 2.31. The number of ether oxygens (including phenoxy) is 1. The van der Waals surface area contributed by atoms with Gasteiger partial charge in [-0.2, -0.15) is 5.10 Å². The zero-order valence-electron chi connectivity index (χ0n) is 15.1. The van der Waals surface area contributed by atoms with E-state index in [2.05, 4.69) is 10.4 Å². The molecule has 2 aromatic rings. The van der Waals surface area contributed by atoms with Gasteiger partial charge in [-0.15, -0.1) is 0 Å². The molecule has 2 heterocycles. The summed E-state index contributed by atoms with van der Waals surface area (Å²) in [6.07, 6.45) is 5.83. The predicted molar refractivity (Wildman–Crippen MR) is 96.6 cm³/mol. The van der Waals surface area contributed by atoms with Crippen molar-refractivity contribution < 1.29 is 9.53 Å². The summed E-state index contributed by atoms with van der Waals surface area (Å²) in [6.45, 7) is 5.21. The van der Waals surface area contributed by atoms with Crippen LogP contribution in [0.3, 0.4) is 0 Å². The van der Waals surface area contributed by atoms with Gasteiger partial charge in [-0.3, -0.25) is 4.68 Å². The molecule has 6 nitrogen and oxygen atoms in total. The number of urea groups is 1. The highest BCUT2D eigenvalue weighted by Gasteiger charge is 2.31. The van der Waals surface area contributed by atoms with Crippen molar-refractivity contribution in [1.29, 1.82) is 0 Å². The second kappa shape index (κ2) is 7.59. The maximum atomic E-state index is 12.6. The molecule has 0 spiro atoms. The molecule has 25 heavy (non-hydrogen) atoms. The van der Waals surface area contributed by atoms with Gasteiger partial charge in [0.1, 0.15) is 12.4 Å². The van der Waals surface area contributed by atoms with Crippen LogP contribution in [-0.4, -0.2) is 39.9 Å². The minimum Gasteiger partial charge on any atom is -0.491 e. The van der Waals surface area contributed by atoms with Gasteiger partial charge >= 0.3 is 6.03 Å². The number of rotatable bonds is 5. The number of aromatic nitrogens is 2. The van der Waals surface area contributed by atoms with E-state index in [0.717, 1.165) is 36.3 Å². The number of aryl methyl sites for hydroxylation is 2. The lowest BCUT2D eigenvalue weighted by atomic mass is 10.1. The molecule has 3 rings (SSSR count). The van der Waals surface area contributed by atoms with Crippen LogP contribution in [0.2, 0.25) is 0 Å². The average molecular weight is 342 g/mol. The maximum absolute atomic E-state index is 12.6. The summed E-state index contributed by atoms with van der Waals surface area (Å²) in [4.78, 5) is 14.5. The van der Waals surface area contributed by atoms with Crippen molar-refractivity contribution in [3.05, 3.63) is 47.8 Å². The monoisotopic (exact) mass is 342 g/mol. The molecule has 0 bridgehead atoms. The topological polar surface area (TPSA) is 59.4 Å². The van der Waals surface area contributed by atoms with Crippen LogP contribution in [0.5, 0.6) is 5.75 Å². The molecule has 1 aliphatic heterocycles. The van der Waals surface area contributed by atoms with E-state index in [4.69, 9.17) is 4.74 Å². The molecular formula is C19H26N4O2. The lowest BCUT2D eigenvalue weighted by Gasteiger charge is -2.26. The first-order chi connectivity index (χ1) is 12.0. The smallest absolute Gasteiger partial charge is 0.318 e. The van der Waals surface area contributed by atoms with E-state index >= 15 is 0 Å². The highest BCUT2D eigenvalue weighted by molar-refractivity contribution is 5.75. The third kappa shape index (κ3) is 4.32. The largest absolute Gasteiger partial charge is 0.491 e. The van der Waals surface area contributed by atoms with Crippen molar-refractivity contribution in [3.63, 3.8) is 0 Å². The normalized spacial score (nSPS) is 18.2. The van der Waals surface area contributed by atoms with Crippen molar-refractivity contribution in [3.8, 4) is 5.75 Å². The Morgan fingerprint density at radius 2 is 2.32 bits per heavy atom. The minimum atomic E-state index is -0.0665. The maximum Gasteiger partial charge on any atom is 0.318 e. The van der Waals surface area contributed by atoms with E-state index in [1.165, 1.54) is 0 Å². The molecule has 0 radical (unpaired) electrons. The van der Waals surface area contributed by atoms with Gasteiger partial charge in [-0.05, 0) is 44.4 Å². The Bertz CT molecular complexity index is 728. The average Bonchev–Trinajstić information content (AvgIpc) is 3.21. The molecule has 0 aliphatic carbocycles. The molecular weight excluding hydrogens is 316 g/mol. The minimum absolute atomic E-state index is 0.0355. The fourth-order valence-electron chi connectivity index (χ4n) is 3.23. The number of hydrogen-bond donors (Lipinski definition) is 1. The summed E-state index contributed by atoms with van der Waals surface area (Å²) in [7, 11) is 1.90. The summed E-state index contributed by atoms with van der Waals surface area (Å²) in [5.41, 5.74) is 2.25. The number of carbonyl (C=O) groups excluding carboxylic acids is 1.